The lowest BCUT2D eigenvalue weighted by atomic mass is 10.1. The number of likely N-dealkylation sites (N-methyl/N-ethyl adjacent to an activating group) is 1. The van der Waals surface area contributed by atoms with Crippen LogP contribution in [0.3, 0.4) is 0 Å². The van der Waals surface area contributed by atoms with Gasteiger partial charge in [-0.2, -0.15) is 0 Å². The van der Waals surface area contributed by atoms with Crippen LogP contribution >= 0.6 is 11.6 Å². The summed E-state index contributed by atoms with van der Waals surface area (Å²) < 4.78 is 26.0. The van der Waals surface area contributed by atoms with Crippen molar-refractivity contribution in [1.82, 2.24) is 14.9 Å². The Labute approximate surface area is 147 Å². The molecule has 9 heteroatoms. The second-order valence-electron chi connectivity index (χ2n) is 6.31. The van der Waals surface area contributed by atoms with Crippen molar-refractivity contribution in [2.45, 2.75) is 31.2 Å². The Hall–Kier alpha value is -1.64. The standard InChI is InChI=1S/C15H22ClN3O4S/c1-15(2,3)18-13(20)9-19(5)14(21)10-6-7-11(16)12(8-10)24(22,23)17-4/h6-8,17H,9H2,1-5H3,(H,18,20). The lowest BCUT2D eigenvalue weighted by Crippen LogP contribution is -2.46. The molecule has 24 heavy (non-hydrogen) atoms. The highest BCUT2D eigenvalue weighted by Crippen LogP contribution is 2.23. The first-order valence-electron chi connectivity index (χ1n) is 7.17. The van der Waals surface area contributed by atoms with Crippen LogP contribution in [0.25, 0.3) is 0 Å². The first kappa shape index (κ1) is 20.4. The van der Waals surface area contributed by atoms with E-state index in [0.717, 1.165) is 0 Å². The predicted octanol–water partition coefficient (Wildman–Crippen LogP) is 1.23. The molecule has 1 aromatic rings. The summed E-state index contributed by atoms with van der Waals surface area (Å²) >= 11 is 5.89. The summed E-state index contributed by atoms with van der Waals surface area (Å²) in [4.78, 5) is 25.3. The second kappa shape index (κ2) is 7.50. The average molecular weight is 376 g/mol. The van der Waals surface area contributed by atoms with Gasteiger partial charge >= 0.3 is 0 Å². The fourth-order valence-electron chi connectivity index (χ4n) is 1.92. The van der Waals surface area contributed by atoms with E-state index in [9.17, 15) is 18.0 Å². The van der Waals surface area contributed by atoms with Gasteiger partial charge < -0.3 is 10.2 Å². The molecule has 7 nitrogen and oxygen atoms in total. The third kappa shape index (κ3) is 5.47. The van der Waals surface area contributed by atoms with Crippen molar-refractivity contribution in [1.29, 1.82) is 0 Å². The van der Waals surface area contributed by atoms with Gasteiger partial charge in [-0.1, -0.05) is 11.6 Å². The minimum absolute atomic E-state index is 0.00836. The molecule has 1 aromatic carbocycles. The normalized spacial score (nSPS) is 11.9. The fraction of sp³-hybridized carbons (Fsp3) is 0.467. The van der Waals surface area contributed by atoms with Gasteiger partial charge in [0, 0.05) is 18.2 Å². The van der Waals surface area contributed by atoms with E-state index in [1.807, 2.05) is 20.8 Å². The van der Waals surface area contributed by atoms with E-state index in [1.165, 1.54) is 37.2 Å². The molecule has 0 aliphatic heterocycles. The molecule has 1 rings (SSSR count). The molecule has 0 radical (unpaired) electrons. The van der Waals surface area contributed by atoms with E-state index < -0.39 is 21.5 Å². The van der Waals surface area contributed by atoms with Gasteiger partial charge in [0.25, 0.3) is 5.91 Å². The number of hydrogen-bond acceptors (Lipinski definition) is 4. The Balaban J connectivity index is 3.00. The van der Waals surface area contributed by atoms with Crippen molar-refractivity contribution in [3.8, 4) is 0 Å². The maximum absolute atomic E-state index is 12.4. The van der Waals surface area contributed by atoms with E-state index in [4.69, 9.17) is 11.6 Å². The second-order valence-corrected chi connectivity index (χ2v) is 8.57. The number of nitrogens with one attached hydrogen (secondary N) is 2. The van der Waals surface area contributed by atoms with E-state index >= 15 is 0 Å². The molecule has 0 atom stereocenters. The largest absolute Gasteiger partial charge is 0.350 e. The average Bonchev–Trinajstić information content (AvgIpc) is 2.44. The smallest absolute Gasteiger partial charge is 0.254 e. The van der Waals surface area contributed by atoms with Gasteiger partial charge in [-0.05, 0) is 46.0 Å². The molecule has 0 aromatic heterocycles. The van der Waals surface area contributed by atoms with Crippen molar-refractivity contribution >= 4 is 33.4 Å². The van der Waals surface area contributed by atoms with Crippen molar-refractivity contribution in [3.05, 3.63) is 28.8 Å². The van der Waals surface area contributed by atoms with Gasteiger partial charge in [-0.25, -0.2) is 13.1 Å². The molecule has 0 saturated heterocycles. The SMILES string of the molecule is CNS(=O)(=O)c1cc(C(=O)N(C)CC(=O)NC(C)(C)C)ccc1Cl. The monoisotopic (exact) mass is 375 g/mol. The molecular formula is C15H22ClN3O4S. The summed E-state index contributed by atoms with van der Waals surface area (Å²) in [5.41, 5.74) is -0.283. The topological polar surface area (TPSA) is 95.6 Å². The number of sulfonamides is 1. The molecule has 2 N–H and O–H groups in total. The lowest BCUT2D eigenvalue weighted by molar-refractivity contribution is -0.122. The van der Waals surface area contributed by atoms with Crippen LogP contribution in [0.15, 0.2) is 23.1 Å². The number of benzene rings is 1. The van der Waals surface area contributed by atoms with Crippen molar-refractivity contribution in [2.75, 3.05) is 20.6 Å². The van der Waals surface area contributed by atoms with Gasteiger partial charge in [0.2, 0.25) is 15.9 Å². The van der Waals surface area contributed by atoms with Crippen LogP contribution in [-0.2, 0) is 14.8 Å². The molecule has 134 valence electrons. The summed E-state index contributed by atoms with van der Waals surface area (Å²) in [5, 5.41) is 2.76. The summed E-state index contributed by atoms with van der Waals surface area (Å²) in [6.07, 6.45) is 0. The highest BCUT2D eigenvalue weighted by atomic mass is 35.5. The Bertz CT molecular complexity index is 742. The first-order chi connectivity index (χ1) is 10.9. The fourth-order valence-corrected chi connectivity index (χ4v) is 3.17. The van der Waals surface area contributed by atoms with Crippen LogP contribution in [0.5, 0.6) is 0 Å². The van der Waals surface area contributed by atoms with Crippen LogP contribution in [0.1, 0.15) is 31.1 Å². The van der Waals surface area contributed by atoms with E-state index in [2.05, 4.69) is 10.0 Å². The van der Waals surface area contributed by atoms with Gasteiger partial charge in [-0.3, -0.25) is 9.59 Å². The molecule has 0 heterocycles. The molecule has 0 fully saturated rings. The van der Waals surface area contributed by atoms with Crippen LogP contribution < -0.4 is 10.0 Å². The molecular weight excluding hydrogens is 354 g/mol. The molecule has 0 bridgehead atoms. The Morgan fingerprint density at radius 1 is 1.25 bits per heavy atom. The van der Waals surface area contributed by atoms with E-state index in [0.29, 0.717) is 0 Å². The number of nitrogens with zero attached hydrogens (tertiary/aromatic N) is 1. The molecule has 2 amide bonds. The van der Waals surface area contributed by atoms with Gasteiger partial charge in [0.05, 0.1) is 11.6 Å². The maximum atomic E-state index is 12.4. The highest BCUT2D eigenvalue weighted by Gasteiger charge is 2.22. The van der Waals surface area contributed by atoms with Gasteiger partial charge in [0.15, 0.2) is 0 Å². The minimum Gasteiger partial charge on any atom is -0.350 e. The quantitative estimate of drug-likeness (QED) is 0.809. The number of carbonyl (C=O) groups is 2. The molecule has 0 saturated carbocycles. The van der Waals surface area contributed by atoms with E-state index in [-0.39, 0.29) is 27.9 Å². The molecule has 0 unspecified atom stereocenters. The summed E-state index contributed by atoms with van der Waals surface area (Å²) in [7, 11) is -1.07. The Morgan fingerprint density at radius 3 is 2.33 bits per heavy atom. The summed E-state index contributed by atoms with van der Waals surface area (Å²) in [6.45, 7) is 5.36. The predicted molar refractivity (Wildman–Crippen MR) is 92.6 cm³/mol. The van der Waals surface area contributed by atoms with Gasteiger partial charge in [0.1, 0.15) is 4.90 Å². The number of rotatable bonds is 5. The van der Waals surface area contributed by atoms with Gasteiger partial charge in [-0.15, -0.1) is 0 Å². The summed E-state index contributed by atoms with van der Waals surface area (Å²) in [5.74, 6) is -0.793. The Morgan fingerprint density at radius 2 is 1.83 bits per heavy atom. The van der Waals surface area contributed by atoms with Crippen LogP contribution in [0, 0.1) is 0 Å². The number of carbonyl (C=O) groups excluding carboxylic acids is 2. The minimum atomic E-state index is -3.79. The third-order valence-electron chi connectivity index (χ3n) is 2.98. The molecule has 0 aliphatic rings. The number of halogens is 1. The summed E-state index contributed by atoms with van der Waals surface area (Å²) in [6, 6.07) is 3.94. The molecule has 0 aliphatic carbocycles. The van der Waals surface area contributed by atoms with Crippen LogP contribution in [0.4, 0.5) is 0 Å². The molecule has 0 spiro atoms. The zero-order valence-corrected chi connectivity index (χ0v) is 15.9. The van der Waals surface area contributed by atoms with E-state index in [1.54, 1.807) is 0 Å². The van der Waals surface area contributed by atoms with Crippen molar-refractivity contribution < 1.29 is 18.0 Å². The Kier molecular flexibility index (Phi) is 6.38. The van der Waals surface area contributed by atoms with Crippen molar-refractivity contribution in [3.63, 3.8) is 0 Å². The third-order valence-corrected chi connectivity index (χ3v) is 4.87. The van der Waals surface area contributed by atoms with Crippen LogP contribution in [0.2, 0.25) is 5.02 Å². The zero-order valence-electron chi connectivity index (χ0n) is 14.3. The first-order valence-corrected chi connectivity index (χ1v) is 9.03. The zero-order chi connectivity index (χ0) is 18.7. The van der Waals surface area contributed by atoms with Crippen LogP contribution in [-0.4, -0.2) is 51.3 Å². The lowest BCUT2D eigenvalue weighted by Gasteiger charge is -2.23. The number of amides is 2. The highest BCUT2D eigenvalue weighted by molar-refractivity contribution is 7.89. The maximum Gasteiger partial charge on any atom is 0.254 e. The number of hydrogen-bond donors (Lipinski definition) is 2. The van der Waals surface area contributed by atoms with Crippen molar-refractivity contribution in [2.24, 2.45) is 0 Å².